The van der Waals surface area contributed by atoms with Crippen LogP contribution in [0.25, 0.3) is 0 Å². The van der Waals surface area contributed by atoms with Gasteiger partial charge in [-0.05, 0) is 37.1 Å². The third kappa shape index (κ3) is 3.46. The first-order valence-corrected chi connectivity index (χ1v) is 6.02. The molecule has 0 heterocycles. The van der Waals surface area contributed by atoms with E-state index < -0.39 is 0 Å². The van der Waals surface area contributed by atoms with Gasteiger partial charge in [-0.1, -0.05) is 0 Å². The van der Waals surface area contributed by atoms with Crippen molar-refractivity contribution in [3.8, 4) is 0 Å². The molecule has 0 aliphatic heterocycles. The van der Waals surface area contributed by atoms with Crippen LogP contribution in [0, 0.1) is 5.92 Å². The lowest BCUT2D eigenvalue weighted by molar-refractivity contribution is -0.117. The van der Waals surface area contributed by atoms with Crippen LogP contribution in [0.3, 0.4) is 0 Å². The molecule has 1 aliphatic carbocycles. The van der Waals surface area contributed by atoms with Crippen molar-refractivity contribution in [2.24, 2.45) is 16.6 Å². The van der Waals surface area contributed by atoms with Crippen LogP contribution in [0.15, 0.2) is 29.3 Å². The second-order valence-electron chi connectivity index (χ2n) is 4.05. The van der Waals surface area contributed by atoms with Gasteiger partial charge in [0.05, 0.1) is 11.6 Å². The molecule has 1 amide bonds. The van der Waals surface area contributed by atoms with Crippen molar-refractivity contribution in [3.05, 3.63) is 24.3 Å². The first kappa shape index (κ1) is 11.9. The van der Waals surface area contributed by atoms with Crippen LogP contribution >= 0.6 is 11.6 Å². The Morgan fingerprint density at radius 3 is 2.59 bits per heavy atom. The minimum atomic E-state index is 0.0986. The Labute approximate surface area is 105 Å². The highest BCUT2D eigenvalue weighted by Gasteiger charge is 2.29. The van der Waals surface area contributed by atoms with Gasteiger partial charge in [0.1, 0.15) is 5.84 Å². The van der Waals surface area contributed by atoms with Gasteiger partial charge in [-0.3, -0.25) is 4.79 Å². The summed E-state index contributed by atoms with van der Waals surface area (Å²) in [5, 5.41) is 2.85. The molecule has 1 saturated carbocycles. The number of carbonyl (C=O) groups is 1. The summed E-state index contributed by atoms with van der Waals surface area (Å²) in [4.78, 5) is 15.6. The Morgan fingerprint density at radius 1 is 1.41 bits per heavy atom. The van der Waals surface area contributed by atoms with E-state index in [2.05, 4.69) is 10.3 Å². The lowest BCUT2D eigenvalue weighted by atomic mass is 10.2. The molecular weight excluding hydrogens is 238 g/mol. The molecule has 0 unspecified atom stereocenters. The molecule has 2 rings (SSSR count). The number of benzene rings is 1. The van der Waals surface area contributed by atoms with E-state index >= 15 is 0 Å². The summed E-state index contributed by atoms with van der Waals surface area (Å²) >= 11 is 5.53. The molecule has 1 aliphatic rings. The van der Waals surface area contributed by atoms with E-state index in [1.54, 1.807) is 24.3 Å². The van der Waals surface area contributed by atoms with Gasteiger partial charge in [0.25, 0.3) is 0 Å². The molecule has 0 radical (unpaired) electrons. The van der Waals surface area contributed by atoms with E-state index in [0.29, 0.717) is 5.84 Å². The summed E-state index contributed by atoms with van der Waals surface area (Å²) in [7, 11) is 0. The smallest absolute Gasteiger partial charge is 0.227 e. The number of amidine groups is 1. The van der Waals surface area contributed by atoms with Gasteiger partial charge in [-0.2, -0.15) is 0 Å². The lowest BCUT2D eigenvalue weighted by Gasteiger charge is -2.04. The van der Waals surface area contributed by atoms with Crippen LogP contribution in [0.2, 0.25) is 0 Å². The number of halogens is 1. The molecule has 1 aromatic carbocycles. The molecule has 4 nitrogen and oxygen atoms in total. The van der Waals surface area contributed by atoms with E-state index in [0.717, 1.165) is 24.2 Å². The summed E-state index contributed by atoms with van der Waals surface area (Å²) in [6.45, 7) is 0. The maximum Gasteiger partial charge on any atom is 0.227 e. The van der Waals surface area contributed by atoms with Crippen molar-refractivity contribution < 1.29 is 4.79 Å². The number of nitrogens with one attached hydrogen (secondary N) is 1. The quantitative estimate of drug-likeness (QED) is 0.490. The molecule has 3 N–H and O–H groups in total. The number of alkyl halides is 1. The van der Waals surface area contributed by atoms with E-state index in [1.165, 1.54) is 0 Å². The zero-order chi connectivity index (χ0) is 12.3. The van der Waals surface area contributed by atoms with E-state index in [9.17, 15) is 4.79 Å². The average molecular weight is 252 g/mol. The SMILES string of the molecule is NC(CCl)=Nc1ccc(NC(=O)C2CC2)cc1. The maximum atomic E-state index is 11.5. The largest absolute Gasteiger partial charge is 0.386 e. The number of amides is 1. The van der Waals surface area contributed by atoms with Gasteiger partial charge in [0, 0.05) is 11.6 Å². The molecule has 1 fully saturated rings. The van der Waals surface area contributed by atoms with Crippen LogP contribution in [-0.4, -0.2) is 17.6 Å². The molecule has 0 saturated heterocycles. The minimum absolute atomic E-state index is 0.0986. The fourth-order valence-corrected chi connectivity index (χ4v) is 1.46. The molecule has 0 aromatic heterocycles. The molecule has 0 bridgehead atoms. The van der Waals surface area contributed by atoms with Crippen molar-refractivity contribution >= 4 is 34.7 Å². The topological polar surface area (TPSA) is 67.5 Å². The van der Waals surface area contributed by atoms with Crippen molar-refractivity contribution in [2.45, 2.75) is 12.8 Å². The molecular formula is C12H14ClN3O. The fourth-order valence-electron chi connectivity index (χ4n) is 1.40. The van der Waals surface area contributed by atoms with Crippen LogP contribution in [-0.2, 0) is 4.79 Å². The number of aliphatic imine (C=N–C) groups is 1. The predicted molar refractivity (Wildman–Crippen MR) is 69.8 cm³/mol. The number of hydrogen-bond donors (Lipinski definition) is 2. The highest BCUT2D eigenvalue weighted by Crippen LogP contribution is 2.30. The molecule has 17 heavy (non-hydrogen) atoms. The highest BCUT2D eigenvalue weighted by atomic mass is 35.5. The Kier molecular flexibility index (Phi) is 3.64. The second kappa shape index (κ2) is 5.19. The van der Waals surface area contributed by atoms with Gasteiger partial charge in [0.15, 0.2) is 0 Å². The summed E-state index contributed by atoms with van der Waals surface area (Å²) in [6, 6.07) is 7.20. The summed E-state index contributed by atoms with van der Waals surface area (Å²) < 4.78 is 0. The van der Waals surface area contributed by atoms with Crippen molar-refractivity contribution in [1.82, 2.24) is 0 Å². The number of carbonyl (C=O) groups excluding carboxylic acids is 1. The summed E-state index contributed by atoms with van der Waals surface area (Å²) in [5.41, 5.74) is 7.03. The Balaban J connectivity index is 1.99. The minimum Gasteiger partial charge on any atom is -0.386 e. The van der Waals surface area contributed by atoms with Gasteiger partial charge in [-0.25, -0.2) is 4.99 Å². The third-order valence-corrected chi connectivity index (χ3v) is 2.77. The van der Waals surface area contributed by atoms with Gasteiger partial charge < -0.3 is 11.1 Å². The van der Waals surface area contributed by atoms with Gasteiger partial charge in [-0.15, -0.1) is 11.6 Å². The lowest BCUT2D eigenvalue weighted by Crippen LogP contribution is -2.13. The zero-order valence-corrected chi connectivity index (χ0v) is 10.1. The fraction of sp³-hybridized carbons (Fsp3) is 0.333. The normalized spacial score (nSPS) is 15.7. The first-order chi connectivity index (χ1) is 8.19. The highest BCUT2D eigenvalue weighted by molar-refractivity contribution is 6.28. The second-order valence-corrected chi connectivity index (χ2v) is 4.31. The van der Waals surface area contributed by atoms with Crippen LogP contribution < -0.4 is 11.1 Å². The molecule has 5 heteroatoms. The van der Waals surface area contributed by atoms with Crippen molar-refractivity contribution in [1.29, 1.82) is 0 Å². The van der Waals surface area contributed by atoms with Gasteiger partial charge >= 0.3 is 0 Å². The van der Waals surface area contributed by atoms with Crippen molar-refractivity contribution in [2.75, 3.05) is 11.2 Å². The average Bonchev–Trinajstić information content (AvgIpc) is 3.15. The Morgan fingerprint density at radius 2 is 2.06 bits per heavy atom. The number of nitrogens with two attached hydrogens (primary N) is 1. The van der Waals surface area contributed by atoms with Crippen LogP contribution in [0.1, 0.15) is 12.8 Å². The van der Waals surface area contributed by atoms with E-state index in [-0.39, 0.29) is 17.7 Å². The number of hydrogen-bond acceptors (Lipinski definition) is 2. The summed E-state index contributed by atoms with van der Waals surface area (Å²) in [5.74, 6) is 0.891. The third-order valence-electron chi connectivity index (χ3n) is 2.49. The predicted octanol–water partition coefficient (Wildman–Crippen LogP) is 2.26. The van der Waals surface area contributed by atoms with Crippen molar-refractivity contribution in [3.63, 3.8) is 0 Å². The van der Waals surface area contributed by atoms with E-state index in [1.807, 2.05) is 0 Å². The number of nitrogens with zero attached hydrogens (tertiary/aromatic N) is 1. The first-order valence-electron chi connectivity index (χ1n) is 5.49. The standard InChI is InChI=1S/C12H14ClN3O/c13-7-11(14)15-9-3-5-10(6-4-9)16-12(17)8-1-2-8/h3-6,8H,1-2,7H2,(H2,14,15)(H,16,17). The van der Waals surface area contributed by atoms with Gasteiger partial charge in [0.2, 0.25) is 5.91 Å². The van der Waals surface area contributed by atoms with E-state index in [4.69, 9.17) is 17.3 Å². The zero-order valence-electron chi connectivity index (χ0n) is 9.32. The monoisotopic (exact) mass is 251 g/mol. The maximum absolute atomic E-state index is 11.5. The van der Waals surface area contributed by atoms with Crippen LogP contribution in [0.5, 0.6) is 0 Å². The Hall–Kier alpha value is -1.55. The number of anilines is 1. The Bertz CT molecular complexity index is 438. The molecule has 1 aromatic rings. The number of rotatable bonds is 4. The molecule has 90 valence electrons. The van der Waals surface area contributed by atoms with Crippen LogP contribution in [0.4, 0.5) is 11.4 Å². The molecule has 0 spiro atoms. The molecule has 0 atom stereocenters. The summed E-state index contributed by atoms with van der Waals surface area (Å²) in [6.07, 6.45) is 2.00.